The minimum Gasteiger partial charge on any atom is -0.476 e. The molecule has 1 saturated carbocycles. The van der Waals surface area contributed by atoms with E-state index in [1.165, 1.54) is 32.1 Å². The minimum atomic E-state index is -0.989. The third-order valence-electron chi connectivity index (χ3n) is 3.97. The highest BCUT2D eigenvalue weighted by Gasteiger charge is 2.21. The molecule has 0 spiro atoms. The van der Waals surface area contributed by atoms with Crippen LogP contribution in [0.1, 0.15) is 61.6 Å². The van der Waals surface area contributed by atoms with Crippen molar-refractivity contribution >= 4 is 5.97 Å². The van der Waals surface area contributed by atoms with Gasteiger partial charge in [0.1, 0.15) is 0 Å². The average Bonchev–Trinajstić information content (AvgIpc) is 2.80. The molecule has 1 N–H and O–H groups in total. The lowest BCUT2D eigenvalue weighted by atomic mass is 9.85. The zero-order chi connectivity index (χ0) is 14.5. The van der Waals surface area contributed by atoms with Crippen LogP contribution >= 0.6 is 0 Å². The van der Waals surface area contributed by atoms with Crippen LogP contribution in [0, 0.1) is 5.92 Å². The van der Waals surface area contributed by atoms with E-state index in [2.05, 4.69) is 16.9 Å². The van der Waals surface area contributed by atoms with Gasteiger partial charge in [0.05, 0.1) is 12.2 Å². The molecular formula is C15H23N3O2. The number of carboxylic acid groups (broad SMARTS) is 1. The first-order valence-electron chi connectivity index (χ1n) is 7.38. The molecule has 1 aromatic heterocycles. The Hall–Kier alpha value is -1.65. The summed E-state index contributed by atoms with van der Waals surface area (Å²) in [7, 11) is 0. The lowest BCUT2D eigenvalue weighted by Crippen LogP contribution is -2.13. The number of hydrogen-bond donors (Lipinski definition) is 1. The largest absolute Gasteiger partial charge is 0.476 e. The van der Waals surface area contributed by atoms with Gasteiger partial charge in [-0.1, -0.05) is 49.5 Å². The minimum absolute atomic E-state index is 0.0991. The first-order valence-corrected chi connectivity index (χ1v) is 7.38. The van der Waals surface area contributed by atoms with Gasteiger partial charge in [-0.05, 0) is 25.7 Å². The Morgan fingerprint density at radius 3 is 2.70 bits per heavy atom. The van der Waals surface area contributed by atoms with Gasteiger partial charge in [-0.3, -0.25) is 0 Å². The monoisotopic (exact) mass is 277 g/mol. The van der Waals surface area contributed by atoms with E-state index in [4.69, 9.17) is 0 Å². The van der Waals surface area contributed by atoms with Crippen molar-refractivity contribution in [2.75, 3.05) is 0 Å². The fourth-order valence-electron chi connectivity index (χ4n) is 2.95. The second kappa shape index (κ2) is 6.68. The van der Waals surface area contributed by atoms with Crippen molar-refractivity contribution in [2.24, 2.45) is 5.92 Å². The fourth-order valence-corrected chi connectivity index (χ4v) is 2.95. The molecule has 0 atom stereocenters. The van der Waals surface area contributed by atoms with Crippen molar-refractivity contribution in [3.8, 4) is 0 Å². The number of hydrogen-bond acceptors (Lipinski definition) is 3. The summed E-state index contributed by atoms with van der Waals surface area (Å²) in [6, 6.07) is 0. The van der Waals surface area contributed by atoms with E-state index in [1.807, 2.05) is 6.92 Å². The van der Waals surface area contributed by atoms with Crippen molar-refractivity contribution in [3.05, 3.63) is 23.5 Å². The SMILES string of the molecule is C=C(C)Cn1nnc(C(=O)O)c1CCC1CCCCC1. The van der Waals surface area contributed by atoms with Gasteiger partial charge in [-0.15, -0.1) is 5.10 Å². The Balaban J connectivity index is 2.08. The lowest BCUT2D eigenvalue weighted by molar-refractivity contribution is 0.0689. The first-order chi connectivity index (χ1) is 9.58. The van der Waals surface area contributed by atoms with Gasteiger partial charge in [0.15, 0.2) is 5.69 Å². The number of carbonyl (C=O) groups is 1. The molecule has 110 valence electrons. The van der Waals surface area contributed by atoms with E-state index >= 15 is 0 Å². The number of allylic oxidation sites excluding steroid dienone is 1. The molecule has 1 fully saturated rings. The van der Waals surface area contributed by atoms with Crippen LogP contribution < -0.4 is 0 Å². The van der Waals surface area contributed by atoms with Crippen molar-refractivity contribution in [3.63, 3.8) is 0 Å². The number of aromatic nitrogens is 3. The van der Waals surface area contributed by atoms with Crippen molar-refractivity contribution < 1.29 is 9.90 Å². The van der Waals surface area contributed by atoms with Crippen LogP contribution in [-0.4, -0.2) is 26.1 Å². The van der Waals surface area contributed by atoms with Gasteiger partial charge in [-0.2, -0.15) is 0 Å². The second-order valence-electron chi connectivity index (χ2n) is 5.85. The van der Waals surface area contributed by atoms with Crippen molar-refractivity contribution in [1.82, 2.24) is 15.0 Å². The molecule has 0 bridgehead atoms. The van der Waals surface area contributed by atoms with E-state index in [9.17, 15) is 9.90 Å². The maximum absolute atomic E-state index is 11.2. The van der Waals surface area contributed by atoms with E-state index in [0.29, 0.717) is 6.54 Å². The Bertz CT molecular complexity index is 487. The summed E-state index contributed by atoms with van der Waals surface area (Å²) in [5, 5.41) is 17.0. The van der Waals surface area contributed by atoms with Crippen LogP contribution in [-0.2, 0) is 13.0 Å². The van der Waals surface area contributed by atoms with E-state index in [1.54, 1.807) is 4.68 Å². The summed E-state index contributed by atoms with van der Waals surface area (Å²) < 4.78 is 1.69. The molecule has 1 heterocycles. The lowest BCUT2D eigenvalue weighted by Gasteiger charge is -2.21. The van der Waals surface area contributed by atoms with E-state index in [0.717, 1.165) is 30.0 Å². The second-order valence-corrected chi connectivity index (χ2v) is 5.85. The average molecular weight is 277 g/mol. The summed E-state index contributed by atoms with van der Waals surface area (Å²) >= 11 is 0. The summed E-state index contributed by atoms with van der Waals surface area (Å²) in [5.41, 5.74) is 1.79. The van der Waals surface area contributed by atoms with Crippen LogP contribution in [0.2, 0.25) is 0 Å². The standard InChI is InChI=1S/C15H23N3O2/c1-11(2)10-18-13(14(15(19)20)16-17-18)9-8-12-6-4-3-5-7-12/h12H,1,3-10H2,2H3,(H,19,20). The first kappa shape index (κ1) is 14.8. The zero-order valence-corrected chi connectivity index (χ0v) is 12.1. The molecule has 1 aromatic rings. The third-order valence-corrected chi connectivity index (χ3v) is 3.97. The molecule has 0 aliphatic heterocycles. The highest BCUT2D eigenvalue weighted by molar-refractivity contribution is 5.86. The predicted molar refractivity (Wildman–Crippen MR) is 76.7 cm³/mol. The molecule has 20 heavy (non-hydrogen) atoms. The Morgan fingerprint density at radius 2 is 2.10 bits per heavy atom. The molecule has 0 radical (unpaired) electrons. The van der Waals surface area contributed by atoms with E-state index < -0.39 is 5.97 Å². The Labute approximate surface area is 119 Å². The fraction of sp³-hybridized carbons (Fsp3) is 0.667. The summed E-state index contributed by atoms with van der Waals surface area (Å²) in [5.74, 6) is -0.268. The number of rotatable bonds is 6. The molecular weight excluding hydrogens is 254 g/mol. The molecule has 0 amide bonds. The number of carboxylic acids is 1. The highest BCUT2D eigenvalue weighted by Crippen LogP contribution is 2.27. The maximum Gasteiger partial charge on any atom is 0.358 e. The van der Waals surface area contributed by atoms with Gasteiger partial charge in [0.2, 0.25) is 0 Å². The van der Waals surface area contributed by atoms with Crippen LogP contribution in [0.5, 0.6) is 0 Å². The van der Waals surface area contributed by atoms with Crippen LogP contribution in [0.4, 0.5) is 0 Å². The molecule has 0 aromatic carbocycles. The highest BCUT2D eigenvalue weighted by atomic mass is 16.4. The molecule has 0 unspecified atom stereocenters. The van der Waals surface area contributed by atoms with Gasteiger partial charge in [0, 0.05) is 0 Å². The number of nitrogens with zero attached hydrogens (tertiary/aromatic N) is 3. The summed E-state index contributed by atoms with van der Waals surface area (Å²) in [4.78, 5) is 11.2. The predicted octanol–water partition coefficient (Wildman–Crippen LogP) is 3.07. The topological polar surface area (TPSA) is 68.0 Å². The van der Waals surface area contributed by atoms with Crippen LogP contribution in [0.15, 0.2) is 12.2 Å². The van der Waals surface area contributed by atoms with E-state index in [-0.39, 0.29) is 5.69 Å². The maximum atomic E-state index is 11.2. The molecule has 5 nitrogen and oxygen atoms in total. The van der Waals surface area contributed by atoms with Gasteiger partial charge >= 0.3 is 5.97 Å². The van der Waals surface area contributed by atoms with Gasteiger partial charge in [-0.25, -0.2) is 9.48 Å². The van der Waals surface area contributed by atoms with Gasteiger partial charge < -0.3 is 5.11 Å². The molecule has 2 rings (SSSR count). The third kappa shape index (κ3) is 3.68. The normalized spacial score (nSPS) is 16.2. The molecule has 0 saturated heterocycles. The molecule has 1 aliphatic carbocycles. The Morgan fingerprint density at radius 1 is 1.40 bits per heavy atom. The molecule has 5 heteroatoms. The smallest absolute Gasteiger partial charge is 0.358 e. The summed E-state index contributed by atoms with van der Waals surface area (Å²) in [6.45, 7) is 6.31. The van der Waals surface area contributed by atoms with Gasteiger partial charge in [0.25, 0.3) is 0 Å². The van der Waals surface area contributed by atoms with Crippen molar-refractivity contribution in [2.45, 2.75) is 58.4 Å². The quantitative estimate of drug-likeness (QED) is 0.811. The summed E-state index contributed by atoms with van der Waals surface area (Å²) in [6.07, 6.45) is 8.26. The van der Waals surface area contributed by atoms with Crippen LogP contribution in [0.25, 0.3) is 0 Å². The Kier molecular flexibility index (Phi) is 4.93. The number of aromatic carboxylic acids is 1. The van der Waals surface area contributed by atoms with Crippen molar-refractivity contribution in [1.29, 1.82) is 0 Å². The molecule has 1 aliphatic rings. The zero-order valence-electron chi connectivity index (χ0n) is 12.1. The van der Waals surface area contributed by atoms with Crippen LogP contribution in [0.3, 0.4) is 0 Å².